The highest BCUT2D eigenvalue weighted by molar-refractivity contribution is 5.91. The minimum atomic E-state index is -0.451. The van der Waals surface area contributed by atoms with Crippen LogP contribution in [-0.2, 0) is 9.53 Å². The Morgan fingerprint density at radius 2 is 2.33 bits per heavy atom. The number of aromatic nitrogens is 1. The number of rotatable bonds is 5. The maximum atomic E-state index is 11.4. The summed E-state index contributed by atoms with van der Waals surface area (Å²) in [6, 6.07) is 1.41. The third-order valence-electron chi connectivity index (χ3n) is 1.82. The minimum absolute atomic E-state index is 0.250. The number of carbonyl (C=O) groups excluding carboxylic acids is 2. The van der Waals surface area contributed by atoms with Gasteiger partial charge >= 0.3 is 5.97 Å². The summed E-state index contributed by atoms with van der Waals surface area (Å²) in [4.78, 5) is 25.5. The Bertz CT molecular complexity index is 349. The van der Waals surface area contributed by atoms with Crippen LogP contribution in [0.4, 0.5) is 0 Å². The molecule has 0 fully saturated rings. The number of esters is 1. The molecule has 0 unspecified atom stereocenters. The van der Waals surface area contributed by atoms with Crippen LogP contribution in [0.25, 0.3) is 0 Å². The number of hydrogen-bond acceptors (Lipinski definition) is 4. The van der Waals surface area contributed by atoms with Crippen LogP contribution >= 0.6 is 0 Å². The predicted molar refractivity (Wildman–Crippen MR) is 54.2 cm³/mol. The van der Waals surface area contributed by atoms with E-state index in [-0.39, 0.29) is 11.1 Å². The molecule has 1 rings (SSSR count). The van der Waals surface area contributed by atoms with E-state index in [9.17, 15) is 9.59 Å². The van der Waals surface area contributed by atoms with Crippen molar-refractivity contribution in [1.82, 2.24) is 4.98 Å². The predicted octanol–water partition coefficient (Wildman–Crippen LogP) is 1.50. The van der Waals surface area contributed by atoms with Crippen LogP contribution in [0.5, 0.6) is 0 Å². The summed E-state index contributed by atoms with van der Waals surface area (Å²) in [5, 5.41) is 0. The highest BCUT2D eigenvalue weighted by atomic mass is 16.5. The van der Waals surface area contributed by atoms with Gasteiger partial charge in [-0.05, 0) is 12.5 Å². The summed E-state index contributed by atoms with van der Waals surface area (Å²) in [6.45, 7) is 2.40. The third-order valence-corrected chi connectivity index (χ3v) is 1.82. The number of pyridine rings is 1. The molecule has 0 aliphatic carbocycles. The zero-order valence-electron chi connectivity index (χ0n) is 8.53. The van der Waals surface area contributed by atoms with Gasteiger partial charge in [0.05, 0.1) is 12.2 Å². The second kappa shape index (κ2) is 5.90. The molecule has 0 amide bonds. The van der Waals surface area contributed by atoms with E-state index in [0.29, 0.717) is 6.61 Å². The number of carbonyl (C=O) groups is 1. The molecule has 1 radical (unpaired) electrons. The lowest BCUT2D eigenvalue weighted by Crippen LogP contribution is -2.07. The van der Waals surface area contributed by atoms with Crippen LogP contribution in [0, 0.1) is 0 Å². The fourth-order valence-corrected chi connectivity index (χ4v) is 1.000. The first-order valence-electron chi connectivity index (χ1n) is 4.78. The largest absolute Gasteiger partial charge is 0.462 e. The second-order valence-corrected chi connectivity index (χ2v) is 3.05. The SMILES string of the molecule is CCCCOC(=O)c1cncc([C]=O)c1. The Morgan fingerprint density at radius 1 is 1.53 bits per heavy atom. The van der Waals surface area contributed by atoms with Crippen molar-refractivity contribution in [2.24, 2.45) is 0 Å². The maximum absolute atomic E-state index is 11.4. The molecule has 1 aromatic rings. The van der Waals surface area contributed by atoms with Gasteiger partial charge in [-0.1, -0.05) is 13.3 Å². The van der Waals surface area contributed by atoms with Gasteiger partial charge in [0.2, 0.25) is 6.29 Å². The van der Waals surface area contributed by atoms with E-state index in [2.05, 4.69) is 4.98 Å². The van der Waals surface area contributed by atoms with Crippen molar-refractivity contribution in [2.75, 3.05) is 6.61 Å². The Kier molecular flexibility index (Phi) is 4.47. The Labute approximate surface area is 88.3 Å². The maximum Gasteiger partial charge on any atom is 0.339 e. The molecule has 4 heteroatoms. The van der Waals surface area contributed by atoms with Crippen molar-refractivity contribution in [3.63, 3.8) is 0 Å². The fraction of sp³-hybridized carbons (Fsp3) is 0.364. The first-order chi connectivity index (χ1) is 7.27. The molecular formula is C11H12NO3. The molecule has 0 aliphatic heterocycles. The zero-order valence-corrected chi connectivity index (χ0v) is 8.53. The van der Waals surface area contributed by atoms with Crippen molar-refractivity contribution in [2.45, 2.75) is 19.8 Å². The Balaban J connectivity index is 2.61. The van der Waals surface area contributed by atoms with Crippen molar-refractivity contribution in [1.29, 1.82) is 0 Å². The van der Waals surface area contributed by atoms with Crippen LogP contribution in [0.2, 0.25) is 0 Å². The molecule has 0 spiro atoms. The van der Waals surface area contributed by atoms with Crippen molar-refractivity contribution < 1.29 is 14.3 Å². The van der Waals surface area contributed by atoms with Gasteiger partial charge in [-0.25, -0.2) is 4.79 Å². The van der Waals surface area contributed by atoms with Gasteiger partial charge < -0.3 is 4.74 Å². The summed E-state index contributed by atoms with van der Waals surface area (Å²) in [7, 11) is 0. The lowest BCUT2D eigenvalue weighted by atomic mass is 10.2. The van der Waals surface area contributed by atoms with E-state index in [1.165, 1.54) is 18.5 Å². The summed E-state index contributed by atoms with van der Waals surface area (Å²) in [5.74, 6) is -0.451. The zero-order chi connectivity index (χ0) is 11.1. The molecule has 0 aliphatic rings. The first kappa shape index (κ1) is 11.4. The van der Waals surface area contributed by atoms with E-state index in [1.807, 2.05) is 6.92 Å². The van der Waals surface area contributed by atoms with Crippen LogP contribution in [-0.4, -0.2) is 23.8 Å². The van der Waals surface area contributed by atoms with Gasteiger partial charge in [-0.2, -0.15) is 0 Å². The topological polar surface area (TPSA) is 56.3 Å². The van der Waals surface area contributed by atoms with Gasteiger partial charge in [0.1, 0.15) is 0 Å². The smallest absolute Gasteiger partial charge is 0.339 e. The molecule has 0 atom stereocenters. The van der Waals surface area contributed by atoms with Gasteiger partial charge in [0, 0.05) is 18.0 Å². The van der Waals surface area contributed by atoms with E-state index in [4.69, 9.17) is 4.74 Å². The second-order valence-electron chi connectivity index (χ2n) is 3.05. The lowest BCUT2D eigenvalue weighted by Gasteiger charge is -2.03. The van der Waals surface area contributed by atoms with Gasteiger partial charge in [0.25, 0.3) is 0 Å². The summed E-state index contributed by atoms with van der Waals surface area (Å²) >= 11 is 0. The number of hydrogen-bond donors (Lipinski definition) is 0. The first-order valence-corrected chi connectivity index (χ1v) is 4.78. The average Bonchev–Trinajstić information content (AvgIpc) is 2.29. The van der Waals surface area contributed by atoms with Gasteiger partial charge in [-0.15, -0.1) is 0 Å². The third kappa shape index (κ3) is 3.50. The molecule has 0 bridgehead atoms. The molecular weight excluding hydrogens is 194 g/mol. The van der Waals surface area contributed by atoms with Crippen LogP contribution in [0.1, 0.15) is 35.7 Å². The molecule has 0 aromatic carbocycles. The average molecular weight is 206 g/mol. The Morgan fingerprint density at radius 3 is 3.00 bits per heavy atom. The van der Waals surface area contributed by atoms with Crippen LogP contribution < -0.4 is 0 Å². The summed E-state index contributed by atoms with van der Waals surface area (Å²) in [6.07, 6.45) is 6.18. The van der Waals surface area contributed by atoms with Crippen molar-refractivity contribution >= 4 is 12.3 Å². The monoisotopic (exact) mass is 206 g/mol. The number of ether oxygens (including phenoxy) is 1. The molecule has 1 aromatic heterocycles. The standard InChI is InChI=1S/C11H12NO3/c1-2-3-4-15-11(14)10-5-9(8-13)6-12-7-10/h5-7H,2-4H2,1H3. The molecule has 0 N–H and O–H groups in total. The molecule has 1 heterocycles. The molecule has 4 nitrogen and oxygen atoms in total. The van der Waals surface area contributed by atoms with Crippen molar-refractivity contribution in [3.8, 4) is 0 Å². The van der Waals surface area contributed by atoms with Crippen molar-refractivity contribution in [3.05, 3.63) is 29.6 Å². The summed E-state index contributed by atoms with van der Waals surface area (Å²) < 4.78 is 4.96. The molecule has 0 saturated carbocycles. The number of nitrogens with zero attached hydrogens (tertiary/aromatic N) is 1. The van der Waals surface area contributed by atoms with Crippen LogP contribution in [0.3, 0.4) is 0 Å². The normalized spacial score (nSPS) is 9.67. The van der Waals surface area contributed by atoms with E-state index < -0.39 is 5.97 Å². The molecule has 79 valence electrons. The number of unbranched alkanes of at least 4 members (excludes halogenated alkanes) is 1. The van der Waals surface area contributed by atoms with E-state index in [0.717, 1.165) is 12.8 Å². The Hall–Kier alpha value is -1.71. The minimum Gasteiger partial charge on any atom is -0.462 e. The highest BCUT2D eigenvalue weighted by Gasteiger charge is 2.07. The molecule has 15 heavy (non-hydrogen) atoms. The summed E-state index contributed by atoms with van der Waals surface area (Å²) in [5.41, 5.74) is 0.534. The lowest BCUT2D eigenvalue weighted by molar-refractivity contribution is 0.0499. The van der Waals surface area contributed by atoms with Crippen LogP contribution in [0.15, 0.2) is 18.5 Å². The quantitative estimate of drug-likeness (QED) is 0.541. The van der Waals surface area contributed by atoms with Gasteiger partial charge in [-0.3, -0.25) is 9.78 Å². The van der Waals surface area contributed by atoms with E-state index in [1.54, 1.807) is 6.29 Å². The molecule has 0 saturated heterocycles. The highest BCUT2D eigenvalue weighted by Crippen LogP contribution is 2.03. The van der Waals surface area contributed by atoms with Gasteiger partial charge in [0.15, 0.2) is 0 Å². The van der Waals surface area contributed by atoms with E-state index >= 15 is 0 Å². The fourth-order valence-electron chi connectivity index (χ4n) is 1.000.